The van der Waals surface area contributed by atoms with Gasteiger partial charge in [0, 0.05) is 5.97 Å². The van der Waals surface area contributed by atoms with Crippen LogP contribution in [0.15, 0.2) is 0 Å². The highest BCUT2D eigenvalue weighted by Crippen LogP contribution is 2.09. The Hall–Kier alpha value is -0.610. The monoisotopic (exact) mass is 303 g/mol. The molecule has 0 saturated heterocycles. The summed E-state index contributed by atoms with van der Waals surface area (Å²) in [6.45, 7) is 6.20. The summed E-state index contributed by atoms with van der Waals surface area (Å²) in [7, 11) is 4.41. The van der Waals surface area contributed by atoms with E-state index >= 15 is 0 Å². The minimum absolute atomic E-state index is 0.111. The third kappa shape index (κ3) is 21.8. The van der Waals surface area contributed by atoms with Crippen LogP contribution in [-0.4, -0.2) is 49.4 Å². The molecule has 1 N–H and O–H groups in total. The van der Waals surface area contributed by atoms with Crippen molar-refractivity contribution >= 4 is 5.97 Å². The lowest BCUT2D eigenvalue weighted by molar-refractivity contribution is -0.890. The number of hydrogen-bond donors (Lipinski definition) is 1. The summed E-state index contributed by atoms with van der Waals surface area (Å²) in [6, 6.07) is 0. The predicted octanol–water partition coefficient (Wildman–Crippen LogP) is 2.34. The molecule has 0 fully saturated rings. The lowest BCUT2D eigenvalue weighted by atomic mass is 10.1. The highest BCUT2D eigenvalue weighted by molar-refractivity contribution is 5.63. The zero-order valence-electron chi connectivity index (χ0n) is 14.7. The number of nitrogens with zero attached hydrogens (tertiary/aromatic N) is 1. The first-order chi connectivity index (χ1) is 9.89. The first-order valence-corrected chi connectivity index (χ1v) is 8.52. The standard InChI is InChI=1S/C14H32NO.C3H6O2/c1-4-5-6-7-8-9-10-11-12-15(2,3)13-14-16;1-2-3(4)5/h16H,4-14H2,1-3H3;2H2,1H3,(H,4,5)/q+1;/p-1. The maximum atomic E-state index is 9.26. The fraction of sp³-hybridized carbons (Fsp3) is 0.941. The molecule has 0 radical (unpaired) electrons. The first kappa shape index (κ1) is 22.7. The SMILES string of the molecule is CCC(=O)[O-].CCCCCCCCCC[N+](C)(C)CCO. The second kappa shape index (κ2) is 15.8. The number of aliphatic hydroxyl groups is 1. The van der Waals surface area contributed by atoms with E-state index in [1.165, 1.54) is 64.8 Å². The highest BCUT2D eigenvalue weighted by atomic mass is 16.4. The third-order valence-corrected chi connectivity index (χ3v) is 3.61. The molecule has 0 saturated carbocycles. The van der Waals surface area contributed by atoms with Crippen molar-refractivity contribution in [3.8, 4) is 0 Å². The molecule has 0 aliphatic rings. The predicted molar refractivity (Wildman–Crippen MR) is 86.8 cm³/mol. The van der Waals surface area contributed by atoms with E-state index in [4.69, 9.17) is 5.11 Å². The van der Waals surface area contributed by atoms with Crippen molar-refractivity contribution in [3.63, 3.8) is 0 Å². The van der Waals surface area contributed by atoms with Gasteiger partial charge in [0.2, 0.25) is 0 Å². The highest BCUT2D eigenvalue weighted by Gasteiger charge is 2.12. The summed E-state index contributed by atoms with van der Waals surface area (Å²) in [5, 5.41) is 18.2. The van der Waals surface area contributed by atoms with Crippen LogP contribution >= 0.6 is 0 Å². The molecule has 0 heterocycles. The van der Waals surface area contributed by atoms with E-state index < -0.39 is 5.97 Å². The number of unbranched alkanes of at least 4 members (excludes halogenated alkanes) is 7. The Labute approximate surface area is 131 Å². The molecule has 0 unspecified atom stereocenters. The topological polar surface area (TPSA) is 60.4 Å². The van der Waals surface area contributed by atoms with E-state index in [0.29, 0.717) is 6.61 Å². The van der Waals surface area contributed by atoms with E-state index in [2.05, 4.69) is 21.0 Å². The fourth-order valence-electron chi connectivity index (χ4n) is 2.06. The van der Waals surface area contributed by atoms with Gasteiger partial charge in [-0.05, 0) is 19.3 Å². The average molecular weight is 303 g/mol. The van der Waals surface area contributed by atoms with Gasteiger partial charge < -0.3 is 19.5 Å². The van der Waals surface area contributed by atoms with Crippen molar-refractivity contribution in [2.45, 2.75) is 71.6 Å². The number of carbonyl (C=O) groups is 1. The van der Waals surface area contributed by atoms with Gasteiger partial charge in [-0.15, -0.1) is 0 Å². The van der Waals surface area contributed by atoms with Crippen molar-refractivity contribution in [1.82, 2.24) is 0 Å². The number of carbonyl (C=O) groups excluding carboxylic acids is 1. The fourth-order valence-corrected chi connectivity index (χ4v) is 2.06. The van der Waals surface area contributed by atoms with Gasteiger partial charge in [-0.25, -0.2) is 0 Å². The molecule has 0 aromatic heterocycles. The molecule has 4 nitrogen and oxygen atoms in total. The molecule has 0 aromatic rings. The number of aliphatic hydroxyl groups excluding tert-OH is 1. The molecule has 0 rings (SSSR count). The van der Waals surface area contributed by atoms with Crippen LogP contribution in [0.25, 0.3) is 0 Å². The number of likely N-dealkylation sites (N-methyl/N-ethyl adjacent to an activating group) is 1. The van der Waals surface area contributed by atoms with Crippen LogP contribution in [0.2, 0.25) is 0 Å². The molecule has 0 aromatic carbocycles. The number of quaternary nitrogens is 1. The van der Waals surface area contributed by atoms with Gasteiger partial charge in [-0.3, -0.25) is 0 Å². The normalized spacial score (nSPS) is 10.9. The third-order valence-electron chi connectivity index (χ3n) is 3.61. The molecular formula is C17H37NO3. The molecule has 21 heavy (non-hydrogen) atoms. The van der Waals surface area contributed by atoms with Gasteiger partial charge in [-0.2, -0.15) is 0 Å². The van der Waals surface area contributed by atoms with E-state index in [0.717, 1.165) is 11.0 Å². The van der Waals surface area contributed by atoms with Crippen LogP contribution in [0, 0.1) is 0 Å². The Bertz CT molecular complexity index is 230. The lowest BCUT2D eigenvalue weighted by Gasteiger charge is -2.28. The summed E-state index contributed by atoms with van der Waals surface area (Å²) >= 11 is 0. The molecule has 0 bridgehead atoms. The molecule has 0 aliphatic heterocycles. The maximum Gasteiger partial charge on any atom is 0.102 e. The molecule has 0 amide bonds. The van der Waals surface area contributed by atoms with E-state index in [9.17, 15) is 9.90 Å². The molecule has 128 valence electrons. The van der Waals surface area contributed by atoms with Gasteiger partial charge in [0.25, 0.3) is 0 Å². The summed E-state index contributed by atoms with van der Waals surface area (Å²) in [6.07, 6.45) is 11.2. The minimum atomic E-state index is -0.995. The Morgan fingerprint density at radius 2 is 1.33 bits per heavy atom. The average Bonchev–Trinajstić information content (AvgIpc) is 2.42. The largest absolute Gasteiger partial charge is 0.550 e. The van der Waals surface area contributed by atoms with Gasteiger partial charge >= 0.3 is 0 Å². The van der Waals surface area contributed by atoms with Gasteiger partial charge in [-0.1, -0.05) is 52.4 Å². The van der Waals surface area contributed by atoms with Gasteiger partial charge in [0.05, 0.1) is 27.2 Å². The van der Waals surface area contributed by atoms with Crippen LogP contribution < -0.4 is 5.11 Å². The van der Waals surface area contributed by atoms with Gasteiger partial charge in [0.15, 0.2) is 0 Å². The smallest absolute Gasteiger partial charge is 0.102 e. The lowest BCUT2D eigenvalue weighted by Crippen LogP contribution is -2.42. The second-order valence-electron chi connectivity index (χ2n) is 6.31. The van der Waals surface area contributed by atoms with Crippen molar-refractivity contribution in [2.24, 2.45) is 0 Å². The zero-order valence-corrected chi connectivity index (χ0v) is 14.7. The van der Waals surface area contributed by atoms with Gasteiger partial charge in [0.1, 0.15) is 6.54 Å². The van der Waals surface area contributed by atoms with Crippen LogP contribution in [0.1, 0.15) is 71.6 Å². The summed E-state index contributed by atoms with van der Waals surface area (Å²) in [4.78, 5) is 9.26. The molecule has 0 aliphatic carbocycles. The number of carboxylic acid groups (broad SMARTS) is 1. The summed E-state index contributed by atoms with van der Waals surface area (Å²) in [5.74, 6) is -0.995. The summed E-state index contributed by atoms with van der Waals surface area (Å²) < 4.78 is 0.965. The van der Waals surface area contributed by atoms with Crippen molar-refractivity contribution in [3.05, 3.63) is 0 Å². The van der Waals surface area contributed by atoms with Crippen molar-refractivity contribution in [1.29, 1.82) is 0 Å². The van der Waals surface area contributed by atoms with E-state index in [-0.39, 0.29) is 6.42 Å². The molecule has 0 atom stereocenters. The number of aliphatic carboxylic acids is 1. The Morgan fingerprint density at radius 1 is 0.905 bits per heavy atom. The number of carboxylic acids is 1. The Kier molecular flexibility index (Phi) is 17.0. The Morgan fingerprint density at radius 3 is 1.71 bits per heavy atom. The summed E-state index contributed by atoms with van der Waals surface area (Å²) in [5.41, 5.74) is 0. The second-order valence-corrected chi connectivity index (χ2v) is 6.31. The molecule has 4 heteroatoms. The van der Waals surface area contributed by atoms with Crippen LogP contribution in [-0.2, 0) is 4.79 Å². The van der Waals surface area contributed by atoms with Crippen LogP contribution in [0.5, 0.6) is 0 Å². The first-order valence-electron chi connectivity index (χ1n) is 8.52. The molecular weight excluding hydrogens is 266 g/mol. The number of hydrogen-bond acceptors (Lipinski definition) is 3. The quantitative estimate of drug-likeness (QED) is 0.445. The van der Waals surface area contributed by atoms with E-state index in [1.807, 2.05) is 0 Å². The molecule has 0 spiro atoms. The minimum Gasteiger partial charge on any atom is -0.550 e. The van der Waals surface area contributed by atoms with Crippen molar-refractivity contribution in [2.75, 3.05) is 33.8 Å². The Balaban J connectivity index is 0. The number of rotatable bonds is 12. The van der Waals surface area contributed by atoms with Crippen LogP contribution in [0.3, 0.4) is 0 Å². The zero-order chi connectivity index (χ0) is 16.6. The van der Waals surface area contributed by atoms with Crippen LogP contribution in [0.4, 0.5) is 0 Å². The van der Waals surface area contributed by atoms with E-state index in [1.54, 1.807) is 0 Å². The van der Waals surface area contributed by atoms with Crippen molar-refractivity contribution < 1.29 is 19.5 Å². The maximum absolute atomic E-state index is 9.26.